The van der Waals surface area contributed by atoms with Gasteiger partial charge in [0.1, 0.15) is 5.82 Å². The maximum atomic E-state index is 8.78. The van der Waals surface area contributed by atoms with E-state index in [1.165, 1.54) is 25.9 Å². The Morgan fingerprint density at radius 2 is 2.15 bits per heavy atom. The van der Waals surface area contributed by atoms with Gasteiger partial charge in [0.15, 0.2) is 5.84 Å². The molecule has 110 valence electrons. The van der Waals surface area contributed by atoms with Crippen LogP contribution in [-0.2, 0) is 0 Å². The first-order valence-electron chi connectivity index (χ1n) is 7.00. The van der Waals surface area contributed by atoms with Crippen LogP contribution >= 0.6 is 0 Å². The summed E-state index contributed by atoms with van der Waals surface area (Å²) < 4.78 is 0. The Morgan fingerprint density at radius 3 is 2.80 bits per heavy atom. The van der Waals surface area contributed by atoms with E-state index >= 15 is 0 Å². The van der Waals surface area contributed by atoms with E-state index in [0.717, 1.165) is 24.6 Å². The summed E-state index contributed by atoms with van der Waals surface area (Å²) in [6.45, 7) is 6.28. The Hall–Kier alpha value is -1.82. The van der Waals surface area contributed by atoms with E-state index in [-0.39, 0.29) is 5.84 Å². The Bertz CT molecular complexity index is 482. The third-order valence-electron chi connectivity index (χ3n) is 3.68. The molecule has 1 aliphatic heterocycles. The second-order valence-corrected chi connectivity index (χ2v) is 5.31. The second kappa shape index (κ2) is 6.56. The molecule has 1 aromatic heterocycles. The molecule has 6 nitrogen and oxygen atoms in total. The van der Waals surface area contributed by atoms with Crippen LogP contribution in [0.1, 0.15) is 24.1 Å². The van der Waals surface area contributed by atoms with Gasteiger partial charge in [0.2, 0.25) is 0 Å². The van der Waals surface area contributed by atoms with Gasteiger partial charge in [-0.2, -0.15) is 0 Å². The van der Waals surface area contributed by atoms with Crippen LogP contribution in [0.3, 0.4) is 0 Å². The molecule has 0 amide bonds. The maximum absolute atomic E-state index is 8.78. The van der Waals surface area contributed by atoms with Crippen LogP contribution in [0.4, 0.5) is 5.82 Å². The van der Waals surface area contributed by atoms with Crippen molar-refractivity contribution in [2.24, 2.45) is 10.9 Å². The van der Waals surface area contributed by atoms with Crippen LogP contribution in [-0.4, -0.2) is 54.2 Å². The summed E-state index contributed by atoms with van der Waals surface area (Å²) in [5.74, 6) is 0.968. The molecule has 0 aliphatic carbocycles. The van der Waals surface area contributed by atoms with Gasteiger partial charge >= 0.3 is 0 Å². The topological polar surface area (TPSA) is 78.0 Å². The molecule has 6 heteroatoms. The lowest BCUT2D eigenvalue weighted by molar-refractivity contribution is 0.318. The summed E-state index contributed by atoms with van der Waals surface area (Å²) in [5.41, 5.74) is 7.21. The number of likely N-dealkylation sites (N-methyl/N-ethyl adjacent to an activating group) is 1. The van der Waals surface area contributed by atoms with Gasteiger partial charge in [0, 0.05) is 31.4 Å². The van der Waals surface area contributed by atoms with E-state index in [2.05, 4.69) is 19.9 Å². The molecular weight excluding hydrogens is 254 g/mol. The first-order chi connectivity index (χ1) is 9.60. The van der Waals surface area contributed by atoms with Gasteiger partial charge in [-0.1, -0.05) is 5.16 Å². The molecule has 0 aromatic carbocycles. The molecule has 1 aliphatic rings. The summed E-state index contributed by atoms with van der Waals surface area (Å²) in [6, 6.07) is 3.67. The van der Waals surface area contributed by atoms with Crippen LogP contribution in [0.15, 0.2) is 17.3 Å². The highest BCUT2D eigenvalue weighted by Crippen LogP contribution is 2.14. The highest BCUT2D eigenvalue weighted by atomic mass is 16.4. The molecule has 1 saturated heterocycles. The number of anilines is 1. The number of aryl methyl sites for hydroxylation is 1. The molecule has 0 saturated carbocycles. The molecule has 3 N–H and O–H groups in total. The quantitative estimate of drug-likeness (QED) is 0.363. The van der Waals surface area contributed by atoms with Crippen molar-refractivity contribution in [3.8, 4) is 0 Å². The van der Waals surface area contributed by atoms with Crippen LogP contribution in [0.2, 0.25) is 0 Å². The SMILES string of the molecule is Cc1cc(/C(N)=N/O)cc(N(C)CCN2CCCC2)n1. The molecular formula is C14H23N5O. The van der Waals surface area contributed by atoms with Gasteiger partial charge < -0.3 is 20.7 Å². The number of aromatic nitrogens is 1. The first-order valence-corrected chi connectivity index (χ1v) is 7.00. The lowest BCUT2D eigenvalue weighted by Gasteiger charge is -2.23. The number of hydrogen-bond donors (Lipinski definition) is 2. The van der Waals surface area contributed by atoms with Crippen molar-refractivity contribution in [1.29, 1.82) is 0 Å². The molecule has 0 bridgehead atoms. The third kappa shape index (κ3) is 3.60. The van der Waals surface area contributed by atoms with Crippen molar-refractivity contribution in [2.75, 3.05) is 38.1 Å². The van der Waals surface area contributed by atoms with E-state index in [1.807, 2.05) is 26.1 Å². The minimum atomic E-state index is 0.115. The monoisotopic (exact) mass is 277 g/mol. The van der Waals surface area contributed by atoms with Crippen molar-refractivity contribution in [3.63, 3.8) is 0 Å². The van der Waals surface area contributed by atoms with Crippen LogP contribution in [0, 0.1) is 6.92 Å². The molecule has 20 heavy (non-hydrogen) atoms. The fourth-order valence-electron chi connectivity index (χ4n) is 2.46. The predicted octanol–water partition coefficient (Wildman–Crippen LogP) is 1.02. The second-order valence-electron chi connectivity index (χ2n) is 5.31. The van der Waals surface area contributed by atoms with Gasteiger partial charge in [0.25, 0.3) is 0 Å². The van der Waals surface area contributed by atoms with E-state index in [4.69, 9.17) is 10.9 Å². The smallest absolute Gasteiger partial charge is 0.170 e. The largest absolute Gasteiger partial charge is 0.409 e. The fourth-order valence-corrected chi connectivity index (χ4v) is 2.46. The van der Waals surface area contributed by atoms with E-state index in [9.17, 15) is 0 Å². The van der Waals surface area contributed by atoms with Gasteiger partial charge in [0.05, 0.1) is 0 Å². The van der Waals surface area contributed by atoms with Crippen molar-refractivity contribution in [2.45, 2.75) is 19.8 Å². The minimum Gasteiger partial charge on any atom is -0.409 e. The Labute approximate surface area is 119 Å². The molecule has 1 aromatic rings. The molecule has 0 unspecified atom stereocenters. The summed E-state index contributed by atoms with van der Waals surface area (Å²) >= 11 is 0. The lowest BCUT2D eigenvalue weighted by atomic mass is 10.2. The summed E-state index contributed by atoms with van der Waals surface area (Å²) in [6.07, 6.45) is 2.61. The van der Waals surface area contributed by atoms with Crippen LogP contribution < -0.4 is 10.6 Å². The number of likely N-dealkylation sites (tertiary alicyclic amines) is 1. The Balaban J connectivity index is 2.04. The van der Waals surface area contributed by atoms with E-state index in [1.54, 1.807) is 0 Å². The van der Waals surface area contributed by atoms with Gasteiger partial charge in [-0.05, 0) is 45.0 Å². The molecule has 0 radical (unpaired) electrons. The highest BCUT2D eigenvalue weighted by molar-refractivity contribution is 5.97. The van der Waals surface area contributed by atoms with Crippen molar-refractivity contribution in [3.05, 3.63) is 23.4 Å². The highest BCUT2D eigenvalue weighted by Gasteiger charge is 2.13. The summed E-state index contributed by atoms with van der Waals surface area (Å²) in [7, 11) is 2.02. The predicted molar refractivity (Wildman–Crippen MR) is 80.4 cm³/mol. The molecule has 0 atom stereocenters. The summed E-state index contributed by atoms with van der Waals surface area (Å²) in [5, 5.41) is 11.8. The zero-order valence-corrected chi connectivity index (χ0v) is 12.2. The van der Waals surface area contributed by atoms with Crippen molar-refractivity contribution >= 4 is 11.7 Å². The molecule has 1 fully saturated rings. The molecule has 2 rings (SSSR count). The summed E-state index contributed by atoms with van der Waals surface area (Å²) in [4.78, 5) is 9.09. The number of hydrogen-bond acceptors (Lipinski definition) is 5. The number of rotatable bonds is 5. The van der Waals surface area contributed by atoms with Crippen LogP contribution in [0.25, 0.3) is 0 Å². The van der Waals surface area contributed by atoms with E-state index in [0.29, 0.717) is 5.56 Å². The fraction of sp³-hybridized carbons (Fsp3) is 0.571. The number of nitrogens with two attached hydrogens (primary N) is 1. The molecule has 0 spiro atoms. The average Bonchev–Trinajstić information content (AvgIpc) is 2.96. The van der Waals surface area contributed by atoms with Crippen LogP contribution in [0.5, 0.6) is 0 Å². The molecule has 2 heterocycles. The Morgan fingerprint density at radius 1 is 1.45 bits per heavy atom. The van der Waals surface area contributed by atoms with Gasteiger partial charge in [-0.25, -0.2) is 4.98 Å². The number of oxime groups is 1. The van der Waals surface area contributed by atoms with Crippen molar-refractivity contribution < 1.29 is 5.21 Å². The number of amidine groups is 1. The Kier molecular flexibility index (Phi) is 4.79. The zero-order valence-electron chi connectivity index (χ0n) is 12.2. The standard InChI is InChI=1S/C14H23N5O/c1-11-9-12(14(15)17-20)10-13(16-11)18(2)7-8-19-5-3-4-6-19/h9-10,20H,3-8H2,1-2H3,(H2,15,17). The van der Waals surface area contributed by atoms with Gasteiger partial charge in [-0.15, -0.1) is 0 Å². The maximum Gasteiger partial charge on any atom is 0.170 e. The minimum absolute atomic E-state index is 0.115. The van der Waals surface area contributed by atoms with Crippen molar-refractivity contribution in [1.82, 2.24) is 9.88 Å². The number of pyridine rings is 1. The third-order valence-corrected chi connectivity index (χ3v) is 3.68. The first kappa shape index (κ1) is 14.6. The van der Waals surface area contributed by atoms with E-state index < -0.39 is 0 Å². The lowest BCUT2D eigenvalue weighted by Crippen LogP contribution is -2.32. The zero-order chi connectivity index (χ0) is 14.5. The number of nitrogens with zero attached hydrogens (tertiary/aromatic N) is 4. The normalized spacial score (nSPS) is 16.6. The average molecular weight is 277 g/mol. The van der Waals surface area contributed by atoms with Gasteiger partial charge in [-0.3, -0.25) is 0 Å².